The maximum absolute atomic E-state index is 5.74. The number of hydrogen-bond acceptors (Lipinski definition) is 4. The largest absolute Gasteiger partial charge is 0.399 e. The molecule has 0 unspecified atom stereocenters. The first-order chi connectivity index (χ1) is 8.81. The topological polar surface area (TPSA) is 54.7 Å². The number of H-pyrrole nitrogens is 1. The summed E-state index contributed by atoms with van der Waals surface area (Å²) < 4.78 is 0. The van der Waals surface area contributed by atoms with Crippen LogP contribution in [0.5, 0.6) is 0 Å². The van der Waals surface area contributed by atoms with Crippen LogP contribution in [0, 0.1) is 0 Å². The number of thiophene rings is 1. The number of imidazole rings is 1. The molecule has 0 spiro atoms. The summed E-state index contributed by atoms with van der Waals surface area (Å²) in [5, 5.41) is 3.08. The maximum Gasteiger partial charge on any atom is 0.166 e. The third-order valence-corrected chi connectivity index (χ3v) is 4.46. The van der Waals surface area contributed by atoms with Crippen molar-refractivity contribution in [1.29, 1.82) is 0 Å². The molecule has 0 aliphatic rings. The first kappa shape index (κ1) is 11.6. The molecule has 0 bridgehead atoms. The van der Waals surface area contributed by atoms with Crippen LogP contribution in [0.1, 0.15) is 4.88 Å². The Labute approximate surface area is 113 Å². The van der Waals surface area contributed by atoms with E-state index >= 15 is 0 Å². The number of rotatable bonds is 4. The van der Waals surface area contributed by atoms with Crippen molar-refractivity contribution in [2.45, 2.75) is 11.6 Å². The van der Waals surface area contributed by atoms with E-state index in [1.807, 2.05) is 18.2 Å². The Morgan fingerprint density at radius 2 is 2.28 bits per heavy atom. The van der Waals surface area contributed by atoms with Gasteiger partial charge in [0.05, 0.1) is 11.0 Å². The van der Waals surface area contributed by atoms with E-state index in [0.29, 0.717) is 0 Å². The molecule has 0 radical (unpaired) electrons. The molecule has 18 heavy (non-hydrogen) atoms. The van der Waals surface area contributed by atoms with E-state index in [0.717, 1.165) is 34.1 Å². The number of nitrogens with zero attached hydrogens (tertiary/aromatic N) is 1. The molecule has 0 atom stereocenters. The van der Waals surface area contributed by atoms with Crippen molar-refractivity contribution in [1.82, 2.24) is 9.97 Å². The Bertz CT molecular complexity index is 643. The van der Waals surface area contributed by atoms with Crippen LogP contribution >= 0.6 is 23.1 Å². The number of nitrogen functional groups attached to an aromatic ring is 1. The van der Waals surface area contributed by atoms with Gasteiger partial charge in [-0.25, -0.2) is 4.98 Å². The second-order valence-electron chi connectivity index (χ2n) is 4.00. The van der Waals surface area contributed by atoms with Crippen LogP contribution in [-0.4, -0.2) is 15.7 Å². The minimum absolute atomic E-state index is 0.765. The molecule has 3 rings (SSSR count). The number of hydrogen-bond donors (Lipinski definition) is 2. The molecule has 3 aromatic rings. The number of benzene rings is 1. The average Bonchev–Trinajstić information content (AvgIpc) is 2.97. The van der Waals surface area contributed by atoms with Gasteiger partial charge in [-0.3, -0.25) is 0 Å². The van der Waals surface area contributed by atoms with Crippen molar-refractivity contribution in [3.63, 3.8) is 0 Å². The van der Waals surface area contributed by atoms with Crippen LogP contribution < -0.4 is 5.73 Å². The fraction of sp³-hybridized carbons (Fsp3) is 0.154. The van der Waals surface area contributed by atoms with Crippen molar-refractivity contribution in [3.05, 3.63) is 40.6 Å². The van der Waals surface area contributed by atoms with E-state index in [2.05, 4.69) is 27.5 Å². The van der Waals surface area contributed by atoms with Gasteiger partial charge in [0.2, 0.25) is 0 Å². The summed E-state index contributed by atoms with van der Waals surface area (Å²) in [6, 6.07) is 10.0. The summed E-state index contributed by atoms with van der Waals surface area (Å²) in [5.74, 6) is 1.04. The molecular formula is C13H13N3S2. The van der Waals surface area contributed by atoms with Gasteiger partial charge in [-0.15, -0.1) is 11.3 Å². The lowest BCUT2D eigenvalue weighted by atomic mass is 10.3. The summed E-state index contributed by atoms with van der Waals surface area (Å²) >= 11 is 3.55. The first-order valence-corrected chi connectivity index (χ1v) is 7.58. The van der Waals surface area contributed by atoms with Gasteiger partial charge >= 0.3 is 0 Å². The number of aryl methyl sites for hydroxylation is 1. The molecule has 3 N–H and O–H groups in total. The van der Waals surface area contributed by atoms with Crippen LogP contribution in [0.15, 0.2) is 40.9 Å². The Kier molecular flexibility index (Phi) is 3.25. The monoisotopic (exact) mass is 275 g/mol. The first-order valence-electron chi connectivity index (χ1n) is 5.72. The second kappa shape index (κ2) is 5.04. The molecule has 0 saturated heterocycles. The summed E-state index contributed by atoms with van der Waals surface area (Å²) in [6.45, 7) is 0. The minimum Gasteiger partial charge on any atom is -0.399 e. The third-order valence-electron chi connectivity index (χ3n) is 2.65. The Balaban J connectivity index is 1.67. The summed E-state index contributed by atoms with van der Waals surface area (Å²) in [7, 11) is 0. The van der Waals surface area contributed by atoms with Gasteiger partial charge < -0.3 is 10.7 Å². The second-order valence-corrected chi connectivity index (χ2v) is 6.11. The lowest BCUT2D eigenvalue weighted by Gasteiger charge is -1.95. The molecule has 92 valence electrons. The van der Waals surface area contributed by atoms with Gasteiger partial charge in [0.15, 0.2) is 5.16 Å². The Morgan fingerprint density at radius 3 is 3.11 bits per heavy atom. The van der Waals surface area contributed by atoms with Gasteiger partial charge in [0.25, 0.3) is 0 Å². The third kappa shape index (κ3) is 2.52. The summed E-state index contributed by atoms with van der Waals surface area (Å²) in [5.41, 5.74) is 8.49. The molecule has 2 heterocycles. The van der Waals surface area contributed by atoms with Crippen LogP contribution in [0.3, 0.4) is 0 Å². The molecule has 5 heteroatoms. The molecule has 1 aromatic carbocycles. The van der Waals surface area contributed by atoms with Gasteiger partial charge in [-0.05, 0) is 36.1 Å². The van der Waals surface area contributed by atoms with Crippen LogP contribution in [0.25, 0.3) is 11.0 Å². The number of aromatic amines is 1. The van der Waals surface area contributed by atoms with Gasteiger partial charge in [0.1, 0.15) is 0 Å². The highest BCUT2D eigenvalue weighted by Crippen LogP contribution is 2.22. The van der Waals surface area contributed by atoms with Crippen LogP contribution in [-0.2, 0) is 6.42 Å². The number of fused-ring (bicyclic) bond motifs is 1. The zero-order chi connectivity index (χ0) is 12.4. The number of aromatic nitrogens is 2. The van der Waals surface area contributed by atoms with Crippen molar-refractivity contribution < 1.29 is 0 Å². The van der Waals surface area contributed by atoms with E-state index in [-0.39, 0.29) is 0 Å². The normalized spacial score (nSPS) is 11.1. The predicted octanol–water partition coefficient (Wildman–Crippen LogP) is 3.54. The molecule has 0 aliphatic heterocycles. The maximum atomic E-state index is 5.74. The highest BCUT2D eigenvalue weighted by Gasteiger charge is 2.03. The summed E-state index contributed by atoms with van der Waals surface area (Å²) in [6.07, 6.45) is 1.08. The quantitative estimate of drug-likeness (QED) is 0.565. The van der Waals surface area contributed by atoms with Gasteiger partial charge in [-0.1, -0.05) is 17.8 Å². The van der Waals surface area contributed by atoms with E-state index in [4.69, 9.17) is 5.73 Å². The van der Waals surface area contributed by atoms with E-state index < -0.39 is 0 Å². The van der Waals surface area contributed by atoms with E-state index in [1.165, 1.54) is 4.88 Å². The number of anilines is 1. The van der Waals surface area contributed by atoms with Crippen molar-refractivity contribution in [3.8, 4) is 0 Å². The molecule has 0 aliphatic carbocycles. The minimum atomic E-state index is 0.765. The predicted molar refractivity (Wildman–Crippen MR) is 79.3 cm³/mol. The number of nitrogens with one attached hydrogen (secondary N) is 1. The summed E-state index contributed by atoms with van der Waals surface area (Å²) in [4.78, 5) is 9.24. The smallest absolute Gasteiger partial charge is 0.166 e. The van der Waals surface area contributed by atoms with Gasteiger partial charge in [0, 0.05) is 16.3 Å². The average molecular weight is 275 g/mol. The zero-order valence-electron chi connectivity index (χ0n) is 9.72. The van der Waals surface area contributed by atoms with E-state index in [1.54, 1.807) is 23.1 Å². The van der Waals surface area contributed by atoms with Crippen molar-refractivity contribution in [2.24, 2.45) is 0 Å². The SMILES string of the molecule is Nc1ccc2nc(SCCc3cccs3)[nH]c2c1. The zero-order valence-corrected chi connectivity index (χ0v) is 11.4. The van der Waals surface area contributed by atoms with Crippen LogP contribution in [0.4, 0.5) is 5.69 Å². The lowest BCUT2D eigenvalue weighted by molar-refractivity contribution is 1.07. The lowest BCUT2D eigenvalue weighted by Crippen LogP contribution is -1.85. The molecule has 0 amide bonds. The van der Waals surface area contributed by atoms with E-state index in [9.17, 15) is 0 Å². The molecule has 2 aromatic heterocycles. The van der Waals surface area contributed by atoms with Crippen molar-refractivity contribution >= 4 is 39.8 Å². The molecule has 0 saturated carbocycles. The Morgan fingerprint density at radius 1 is 1.33 bits per heavy atom. The van der Waals surface area contributed by atoms with Gasteiger partial charge in [-0.2, -0.15) is 0 Å². The standard InChI is InChI=1S/C13H13N3S2/c14-9-3-4-11-12(8-9)16-13(15-11)18-7-5-10-2-1-6-17-10/h1-4,6,8H,5,7,14H2,(H,15,16). The highest BCUT2D eigenvalue weighted by atomic mass is 32.2. The van der Waals surface area contributed by atoms with Crippen molar-refractivity contribution in [2.75, 3.05) is 11.5 Å². The van der Waals surface area contributed by atoms with Crippen LogP contribution in [0.2, 0.25) is 0 Å². The highest BCUT2D eigenvalue weighted by molar-refractivity contribution is 7.99. The fourth-order valence-electron chi connectivity index (χ4n) is 1.78. The number of nitrogens with two attached hydrogens (primary N) is 1. The Hall–Kier alpha value is -1.46. The molecule has 0 fully saturated rings. The number of thioether (sulfide) groups is 1. The molecular weight excluding hydrogens is 262 g/mol. The molecule has 3 nitrogen and oxygen atoms in total. The fourth-order valence-corrected chi connectivity index (χ4v) is 3.47.